The van der Waals surface area contributed by atoms with Crippen LogP contribution in [0, 0.1) is 23.2 Å². The van der Waals surface area contributed by atoms with E-state index in [2.05, 4.69) is 33.1 Å². The maximum Gasteiger partial charge on any atom is 0.271 e. The third-order valence-corrected chi connectivity index (χ3v) is 4.68. The number of nitrogens with zero attached hydrogens (tertiary/aromatic N) is 2. The molecule has 0 aliphatic heterocycles. The molecule has 0 saturated carbocycles. The predicted molar refractivity (Wildman–Crippen MR) is 109 cm³/mol. The Morgan fingerprint density at radius 3 is 2.58 bits per heavy atom. The summed E-state index contributed by atoms with van der Waals surface area (Å²) in [4.78, 5) is 12.1. The Labute approximate surface area is 164 Å². The molecule has 4 nitrogen and oxygen atoms in total. The van der Waals surface area contributed by atoms with Crippen LogP contribution in [0.1, 0.15) is 27.3 Å². The second-order valence-electron chi connectivity index (χ2n) is 5.85. The molecule has 1 heterocycles. The predicted octanol–water partition coefficient (Wildman–Crippen LogP) is 4.60. The van der Waals surface area contributed by atoms with Crippen molar-refractivity contribution in [2.75, 3.05) is 0 Å². The lowest BCUT2D eigenvalue weighted by Crippen LogP contribution is -2.17. The van der Waals surface area contributed by atoms with Crippen LogP contribution >= 0.6 is 22.6 Å². The van der Waals surface area contributed by atoms with Gasteiger partial charge in [0, 0.05) is 31.8 Å². The zero-order valence-electron chi connectivity index (χ0n) is 14.3. The highest BCUT2D eigenvalue weighted by molar-refractivity contribution is 14.1. The van der Waals surface area contributed by atoms with E-state index in [-0.39, 0.29) is 11.7 Å². The number of hydrogen-bond donors (Lipinski definition) is 1. The van der Waals surface area contributed by atoms with Crippen LogP contribution in [0.5, 0.6) is 0 Å². The van der Waals surface area contributed by atoms with Crippen LogP contribution in [-0.2, 0) is 0 Å². The lowest BCUT2D eigenvalue weighted by atomic mass is 10.2. The maximum atomic E-state index is 13.1. The standard InChI is InChI=1S/C20H17FIN3O/c1-13-10-16(14(2)25(13)19-8-6-17(21)7-9-19)12-23-24-20(26)15-4-3-5-18(22)11-15/h3-12H,1-2H3,(H,24,26)/b23-12-. The normalized spacial score (nSPS) is 11.1. The van der Waals surface area contributed by atoms with Crippen molar-refractivity contribution in [3.63, 3.8) is 0 Å². The van der Waals surface area contributed by atoms with Crippen LogP contribution in [0.15, 0.2) is 59.7 Å². The van der Waals surface area contributed by atoms with Gasteiger partial charge in [0.2, 0.25) is 0 Å². The largest absolute Gasteiger partial charge is 0.318 e. The van der Waals surface area contributed by atoms with E-state index in [1.54, 1.807) is 30.5 Å². The van der Waals surface area contributed by atoms with Gasteiger partial charge in [-0.2, -0.15) is 5.10 Å². The van der Waals surface area contributed by atoms with E-state index in [1.165, 1.54) is 12.1 Å². The molecule has 26 heavy (non-hydrogen) atoms. The quantitative estimate of drug-likeness (QED) is 0.345. The second kappa shape index (κ2) is 7.82. The van der Waals surface area contributed by atoms with Crippen molar-refractivity contribution < 1.29 is 9.18 Å². The van der Waals surface area contributed by atoms with Gasteiger partial charge < -0.3 is 4.57 Å². The van der Waals surface area contributed by atoms with Gasteiger partial charge in [0.1, 0.15) is 5.82 Å². The fraction of sp³-hybridized carbons (Fsp3) is 0.100. The van der Waals surface area contributed by atoms with Crippen LogP contribution in [0.2, 0.25) is 0 Å². The highest BCUT2D eigenvalue weighted by Crippen LogP contribution is 2.20. The molecule has 1 aromatic heterocycles. The van der Waals surface area contributed by atoms with Crippen molar-refractivity contribution in [1.82, 2.24) is 9.99 Å². The van der Waals surface area contributed by atoms with Crippen LogP contribution in [0.3, 0.4) is 0 Å². The molecule has 1 N–H and O–H groups in total. The fourth-order valence-electron chi connectivity index (χ4n) is 2.76. The van der Waals surface area contributed by atoms with Gasteiger partial charge in [0.25, 0.3) is 5.91 Å². The summed E-state index contributed by atoms with van der Waals surface area (Å²) in [5.41, 5.74) is 6.83. The minimum Gasteiger partial charge on any atom is -0.318 e. The van der Waals surface area contributed by atoms with E-state index in [4.69, 9.17) is 0 Å². The van der Waals surface area contributed by atoms with Gasteiger partial charge in [-0.1, -0.05) is 6.07 Å². The molecule has 0 aliphatic carbocycles. The topological polar surface area (TPSA) is 46.4 Å². The van der Waals surface area contributed by atoms with Gasteiger partial charge in [-0.05, 0) is 85.0 Å². The first kappa shape index (κ1) is 18.3. The first-order valence-electron chi connectivity index (χ1n) is 7.99. The summed E-state index contributed by atoms with van der Waals surface area (Å²) in [7, 11) is 0. The highest BCUT2D eigenvalue weighted by Gasteiger charge is 2.10. The Balaban J connectivity index is 1.78. The number of aromatic nitrogens is 1. The molecule has 0 bridgehead atoms. The molecule has 6 heteroatoms. The molecular weight excluding hydrogens is 444 g/mol. The number of carbonyl (C=O) groups excluding carboxylic acids is 1. The summed E-state index contributed by atoms with van der Waals surface area (Å²) in [5, 5.41) is 4.07. The average molecular weight is 461 g/mol. The molecule has 132 valence electrons. The van der Waals surface area contributed by atoms with Crippen molar-refractivity contribution in [3.05, 3.63) is 86.5 Å². The minimum atomic E-state index is -0.267. The molecule has 0 fully saturated rings. The van der Waals surface area contributed by atoms with Crippen molar-refractivity contribution in [2.45, 2.75) is 13.8 Å². The summed E-state index contributed by atoms with van der Waals surface area (Å²) >= 11 is 2.16. The number of hydrogen-bond acceptors (Lipinski definition) is 2. The summed E-state index contributed by atoms with van der Waals surface area (Å²) in [5.74, 6) is -0.525. The summed E-state index contributed by atoms with van der Waals surface area (Å²) in [6.07, 6.45) is 1.62. The monoisotopic (exact) mass is 461 g/mol. The molecule has 0 unspecified atom stereocenters. The minimum absolute atomic E-state index is 0.257. The molecular formula is C20H17FIN3O. The van der Waals surface area contributed by atoms with E-state index in [1.807, 2.05) is 36.6 Å². The zero-order valence-corrected chi connectivity index (χ0v) is 16.5. The molecule has 0 spiro atoms. The molecule has 2 aromatic carbocycles. The van der Waals surface area contributed by atoms with Gasteiger partial charge >= 0.3 is 0 Å². The Hall–Kier alpha value is -2.48. The van der Waals surface area contributed by atoms with Gasteiger partial charge in [0.05, 0.1) is 6.21 Å². The molecule has 0 atom stereocenters. The van der Waals surface area contributed by atoms with E-state index < -0.39 is 0 Å². The highest BCUT2D eigenvalue weighted by atomic mass is 127. The Bertz CT molecular complexity index is 977. The molecule has 0 saturated heterocycles. The first-order chi connectivity index (χ1) is 12.5. The van der Waals surface area contributed by atoms with Crippen molar-refractivity contribution in [2.24, 2.45) is 5.10 Å². The first-order valence-corrected chi connectivity index (χ1v) is 9.07. The Morgan fingerprint density at radius 1 is 1.15 bits per heavy atom. The smallest absolute Gasteiger partial charge is 0.271 e. The van der Waals surface area contributed by atoms with Crippen molar-refractivity contribution >= 4 is 34.7 Å². The zero-order chi connectivity index (χ0) is 18.7. The van der Waals surface area contributed by atoms with E-state index in [9.17, 15) is 9.18 Å². The molecule has 3 aromatic rings. The van der Waals surface area contributed by atoms with E-state index in [0.29, 0.717) is 5.56 Å². The third kappa shape index (κ3) is 4.01. The Kier molecular flexibility index (Phi) is 5.51. The van der Waals surface area contributed by atoms with Gasteiger partial charge in [-0.15, -0.1) is 0 Å². The van der Waals surface area contributed by atoms with Gasteiger partial charge in [0.15, 0.2) is 0 Å². The van der Waals surface area contributed by atoms with E-state index >= 15 is 0 Å². The number of benzene rings is 2. The maximum absolute atomic E-state index is 13.1. The lowest BCUT2D eigenvalue weighted by Gasteiger charge is -2.09. The SMILES string of the molecule is Cc1cc(/C=N\NC(=O)c2cccc(I)c2)c(C)n1-c1ccc(F)cc1. The van der Waals surface area contributed by atoms with Crippen LogP contribution in [0.4, 0.5) is 4.39 Å². The molecule has 0 radical (unpaired) electrons. The fourth-order valence-corrected chi connectivity index (χ4v) is 3.30. The van der Waals surface area contributed by atoms with Crippen LogP contribution in [0.25, 0.3) is 5.69 Å². The number of aryl methyl sites for hydroxylation is 1. The lowest BCUT2D eigenvalue weighted by molar-refractivity contribution is 0.0955. The second-order valence-corrected chi connectivity index (χ2v) is 7.09. The number of hydrazone groups is 1. The third-order valence-electron chi connectivity index (χ3n) is 4.01. The average Bonchev–Trinajstić information content (AvgIpc) is 2.89. The number of halogens is 2. The van der Waals surface area contributed by atoms with Crippen molar-refractivity contribution in [3.8, 4) is 5.69 Å². The van der Waals surface area contributed by atoms with Crippen LogP contribution < -0.4 is 5.43 Å². The van der Waals surface area contributed by atoms with Gasteiger partial charge in [-0.25, -0.2) is 9.82 Å². The summed E-state index contributed by atoms with van der Waals surface area (Å²) in [6.45, 7) is 3.93. The molecule has 0 aliphatic rings. The number of nitrogens with one attached hydrogen (secondary N) is 1. The number of carbonyl (C=O) groups is 1. The Morgan fingerprint density at radius 2 is 1.88 bits per heavy atom. The van der Waals surface area contributed by atoms with Crippen molar-refractivity contribution in [1.29, 1.82) is 0 Å². The van der Waals surface area contributed by atoms with Gasteiger partial charge in [-0.3, -0.25) is 4.79 Å². The summed E-state index contributed by atoms with van der Waals surface area (Å²) in [6, 6.07) is 15.6. The number of amides is 1. The molecule has 3 rings (SSSR count). The number of rotatable bonds is 4. The van der Waals surface area contributed by atoms with Crippen LogP contribution in [-0.4, -0.2) is 16.7 Å². The van der Waals surface area contributed by atoms with E-state index in [0.717, 1.165) is 26.2 Å². The molecule has 1 amide bonds. The summed E-state index contributed by atoms with van der Waals surface area (Å²) < 4.78 is 16.1.